The van der Waals surface area contributed by atoms with Gasteiger partial charge in [-0.15, -0.1) is 35.3 Å². The van der Waals surface area contributed by atoms with Crippen molar-refractivity contribution in [2.24, 2.45) is 12.0 Å². The highest BCUT2D eigenvalue weighted by atomic mass is 127. The van der Waals surface area contributed by atoms with Crippen LogP contribution in [-0.2, 0) is 13.6 Å². The molecule has 0 fully saturated rings. The topological polar surface area (TPSA) is 70.4 Å². The molecule has 9 heteroatoms. The highest BCUT2D eigenvalue weighted by molar-refractivity contribution is 14.0. The van der Waals surface area contributed by atoms with Gasteiger partial charge in [-0.05, 0) is 34.9 Å². The normalized spacial score (nSPS) is 12.8. The van der Waals surface area contributed by atoms with E-state index in [1.807, 2.05) is 31.8 Å². The molecule has 0 aromatic carbocycles. The second kappa shape index (κ2) is 10.8. The van der Waals surface area contributed by atoms with E-state index in [1.54, 1.807) is 11.3 Å². The number of nitrogens with one attached hydrogen (secondary N) is 2. The number of hydrogen-bond donors (Lipinski definition) is 2. The van der Waals surface area contributed by atoms with E-state index >= 15 is 0 Å². The lowest BCUT2D eigenvalue weighted by Crippen LogP contribution is -2.41. The molecular weight excluding hydrogens is 461 g/mol. The SMILES string of the molecule is CCNC(=NCc1sc(C)nc1C)NCC(c1cnn(C)c1)N(C)C.I. The summed E-state index contributed by atoms with van der Waals surface area (Å²) in [6, 6.07) is 0.227. The van der Waals surface area contributed by atoms with E-state index in [9.17, 15) is 0 Å². The Balaban J connectivity index is 0.00000338. The second-order valence-corrected chi connectivity index (χ2v) is 7.53. The van der Waals surface area contributed by atoms with Crippen molar-refractivity contribution in [3.8, 4) is 0 Å². The summed E-state index contributed by atoms with van der Waals surface area (Å²) in [5, 5.41) is 12.1. The summed E-state index contributed by atoms with van der Waals surface area (Å²) in [6.07, 6.45) is 3.97. The molecule has 7 nitrogen and oxygen atoms in total. The Kier molecular flexibility index (Phi) is 9.51. The number of nitrogens with zero attached hydrogens (tertiary/aromatic N) is 5. The minimum absolute atomic E-state index is 0. The van der Waals surface area contributed by atoms with Gasteiger partial charge >= 0.3 is 0 Å². The van der Waals surface area contributed by atoms with Crippen LogP contribution in [0.4, 0.5) is 0 Å². The van der Waals surface area contributed by atoms with Gasteiger partial charge in [0.25, 0.3) is 0 Å². The third kappa shape index (κ3) is 6.51. The van der Waals surface area contributed by atoms with E-state index in [2.05, 4.69) is 52.8 Å². The summed E-state index contributed by atoms with van der Waals surface area (Å²) in [7, 11) is 6.09. The largest absolute Gasteiger partial charge is 0.357 e. The van der Waals surface area contributed by atoms with Crippen LogP contribution in [0.1, 0.15) is 34.1 Å². The minimum Gasteiger partial charge on any atom is -0.357 e. The number of hydrogen-bond acceptors (Lipinski definition) is 5. The molecule has 2 heterocycles. The predicted octanol–water partition coefficient (Wildman–Crippen LogP) is 2.47. The molecule has 0 saturated carbocycles. The number of aliphatic imine (C=N–C) groups is 1. The predicted molar refractivity (Wildman–Crippen MR) is 119 cm³/mol. The van der Waals surface area contributed by atoms with Gasteiger partial charge in [0.15, 0.2) is 5.96 Å². The van der Waals surface area contributed by atoms with E-state index in [-0.39, 0.29) is 30.0 Å². The molecule has 146 valence electrons. The Labute approximate surface area is 177 Å². The van der Waals surface area contributed by atoms with Crippen LogP contribution in [-0.4, -0.2) is 52.8 Å². The van der Waals surface area contributed by atoms with E-state index in [0.717, 1.165) is 29.8 Å². The van der Waals surface area contributed by atoms with E-state index < -0.39 is 0 Å². The average Bonchev–Trinajstić information content (AvgIpc) is 3.10. The van der Waals surface area contributed by atoms with Gasteiger partial charge in [-0.2, -0.15) is 5.10 Å². The zero-order chi connectivity index (χ0) is 18.4. The van der Waals surface area contributed by atoms with Crippen molar-refractivity contribution in [3.05, 3.63) is 33.5 Å². The first kappa shape index (κ1) is 22.8. The first-order valence-electron chi connectivity index (χ1n) is 8.50. The zero-order valence-electron chi connectivity index (χ0n) is 16.4. The Hall–Kier alpha value is -1.20. The lowest BCUT2D eigenvalue weighted by molar-refractivity contribution is 0.298. The van der Waals surface area contributed by atoms with E-state index in [1.165, 1.54) is 10.4 Å². The molecule has 0 spiro atoms. The fourth-order valence-electron chi connectivity index (χ4n) is 2.62. The van der Waals surface area contributed by atoms with Gasteiger partial charge in [0.1, 0.15) is 0 Å². The van der Waals surface area contributed by atoms with Crippen LogP contribution in [0.5, 0.6) is 0 Å². The summed E-state index contributed by atoms with van der Waals surface area (Å²) in [4.78, 5) is 12.6. The Morgan fingerprint density at radius 1 is 1.35 bits per heavy atom. The molecule has 2 rings (SSSR count). The fourth-order valence-corrected chi connectivity index (χ4v) is 3.48. The highest BCUT2D eigenvalue weighted by Gasteiger charge is 2.16. The highest BCUT2D eigenvalue weighted by Crippen LogP contribution is 2.18. The lowest BCUT2D eigenvalue weighted by Gasteiger charge is -2.24. The monoisotopic (exact) mass is 491 g/mol. The smallest absolute Gasteiger partial charge is 0.191 e. The molecular formula is C17H30IN7S. The molecule has 0 saturated heterocycles. The van der Waals surface area contributed by atoms with Gasteiger partial charge in [0.05, 0.1) is 29.5 Å². The van der Waals surface area contributed by atoms with Crippen LogP contribution in [0, 0.1) is 13.8 Å². The standard InChI is InChI=1S/C17H29N7S.HI/c1-7-18-17(20-10-16-12(2)22-13(3)25-16)19-9-15(23(4)5)14-8-21-24(6)11-14;/h8,11,15H,7,9-10H2,1-6H3,(H2,18,19,20);1H. The summed E-state index contributed by atoms with van der Waals surface area (Å²) in [5.41, 5.74) is 2.26. The number of aryl methyl sites for hydroxylation is 3. The molecule has 2 aromatic rings. The average molecular weight is 491 g/mol. The van der Waals surface area contributed by atoms with Crippen LogP contribution in [0.2, 0.25) is 0 Å². The van der Waals surface area contributed by atoms with Crippen LogP contribution in [0.15, 0.2) is 17.4 Å². The molecule has 0 aliphatic heterocycles. The molecule has 0 bridgehead atoms. The van der Waals surface area contributed by atoms with Crippen LogP contribution in [0.3, 0.4) is 0 Å². The number of likely N-dealkylation sites (N-methyl/N-ethyl adjacent to an activating group) is 1. The Bertz CT molecular complexity index is 708. The molecule has 0 radical (unpaired) electrons. The van der Waals surface area contributed by atoms with Crippen LogP contribution < -0.4 is 10.6 Å². The van der Waals surface area contributed by atoms with E-state index in [4.69, 9.17) is 4.99 Å². The molecule has 0 amide bonds. The van der Waals surface area contributed by atoms with Crippen LogP contribution >= 0.6 is 35.3 Å². The number of rotatable bonds is 7. The van der Waals surface area contributed by atoms with Crippen molar-refractivity contribution in [3.63, 3.8) is 0 Å². The summed E-state index contributed by atoms with van der Waals surface area (Å²) >= 11 is 1.71. The van der Waals surface area contributed by atoms with Crippen molar-refractivity contribution in [2.45, 2.75) is 33.4 Å². The van der Waals surface area contributed by atoms with Crippen molar-refractivity contribution >= 4 is 41.3 Å². The van der Waals surface area contributed by atoms with Gasteiger partial charge in [0, 0.05) is 36.8 Å². The van der Waals surface area contributed by atoms with Crippen molar-refractivity contribution in [2.75, 3.05) is 27.2 Å². The quantitative estimate of drug-likeness (QED) is 0.354. The molecule has 0 aliphatic rings. The zero-order valence-corrected chi connectivity index (χ0v) is 19.6. The molecule has 2 N–H and O–H groups in total. The van der Waals surface area contributed by atoms with Gasteiger partial charge in [0.2, 0.25) is 0 Å². The second-order valence-electron chi connectivity index (χ2n) is 6.24. The third-order valence-corrected chi connectivity index (χ3v) is 4.98. The molecule has 2 aromatic heterocycles. The maximum atomic E-state index is 4.71. The summed E-state index contributed by atoms with van der Waals surface area (Å²) < 4.78 is 1.83. The third-order valence-electron chi connectivity index (χ3n) is 3.92. The maximum absolute atomic E-state index is 4.71. The van der Waals surface area contributed by atoms with Crippen molar-refractivity contribution < 1.29 is 0 Å². The van der Waals surface area contributed by atoms with Gasteiger partial charge in [-0.3, -0.25) is 4.68 Å². The number of halogens is 1. The summed E-state index contributed by atoms with van der Waals surface area (Å²) in [5.74, 6) is 0.823. The van der Waals surface area contributed by atoms with Gasteiger partial charge < -0.3 is 15.5 Å². The van der Waals surface area contributed by atoms with Gasteiger partial charge in [-0.25, -0.2) is 9.98 Å². The van der Waals surface area contributed by atoms with Crippen molar-refractivity contribution in [1.82, 2.24) is 30.3 Å². The maximum Gasteiger partial charge on any atom is 0.191 e. The minimum atomic E-state index is 0. The molecule has 0 aliphatic carbocycles. The number of aromatic nitrogens is 3. The Morgan fingerprint density at radius 2 is 2.08 bits per heavy atom. The Morgan fingerprint density at radius 3 is 2.58 bits per heavy atom. The molecule has 1 atom stereocenters. The number of guanidine groups is 1. The molecule has 1 unspecified atom stereocenters. The molecule has 26 heavy (non-hydrogen) atoms. The lowest BCUT2D eigenvalue weighted by atomic mass is 10.1. The first-order chi connectivity index (χ1) is 11.9. The first-order valence-corrected chi connectivity index (χ1v) is 9.32. The summed E-state index contributed by atoms with van der Waals surface area (Å²) in [6.45, 7) is 8.37. The van der Waals surface area contributed by atoms with Crippen molar-refractivity contribution in [1.29, 1.82) is 0 Å². The van der Waals surface area contributed by atoms with Crippen LogP contribution in [0.25, 0.3) is 0 Å². The fraction of sp³-hybridized carbons (Fsp3) is 0.588. The number of thiazole rings is 1. The van der Waals surface area contributed by atoms with E-state index in [0.29, 0.717) is 6.54 Å². The van der Waals surface area contributed by atoms with Gasteiger partial charge in [-0.1, -0.05) is 0 Å².